The van der Waals surface area contributed by atoms with Crippen molar-refractivity contribution in [3.8, 4) is 22.5 Å². The van der Waals surface area contributed by atoms with E-state index in [-0.39, 0.29) is 0 Å². The third-order valence-corrected chi connectivity index (χ3v) is 3.30. The van der Waals surface area contributed by atoms with Crippen molar-refractivity contribution in [1.82, 2.24) is 0 Å². The van der Waals surface area contributed by atoms with E-state index in [1.807, 2.05) is 60.7 Å². The van der Waals surface area contributed by atoms with Crippen LogP contribution in [0.3, 0.4) is 0 Å². The summed E-state index contributed by atoms with van der Waals surface area (Å²) in [5, 5.41) is 0. The van der Waals surface area contributed by atoms with Gasteiger partial charge in [0.05, 0.1) is 13.4 Å². The summed E-state index contributed by atoms with van der Waals surface area (Å²) in [4.78, 5) is 12.2. The highest BCUT2D eigenvalue weighted by Gasteiger charge is 2.23. The Hall–Kier alpha value is -2.81. The van der Waals surface area contributed by atoms with Gasteiger partial charge in [-0.3, -0.25) is 0 Å². The fourth-order valence-corrected chi connectivity index (χ4v) is 2.29. The third-order valence-electron chi connectivity index (χ3n) is 3.30. The standard InChI is InChI=1S/C18H14O3/c1-20-18(19)16-15(13-8-4-2-5-9-13)12-21-17(16)14-10-6-3-7-11-14/h2-12H,1H3. The van der Waals surface area contributed by atoms with Gasteiger partial charge in [0.1, 0.15) is 11.3 Å². The van der Waals surface area contributed by atoms with E-state index in [0.717, 1.165) is 16.7 Å². The molecule has 104 valence electrons. The molecular formula is C18H14O3. The monoisotopic (exact) mass is 278 g/mol. The molecule has 1 aromatic heterocycles. The normalized spacial score (nSPS) is 10.3. The lowest BCUT2D eigenvalue weighted by Crippen LogP contribution is -2.03. The average molecular weight is 278 g/mol. The molecule has 0 saturated heterocycles. The highest BCUT2D eigenvalue weighted by molar-refractivity contribution is 6.02. The molecule has 3 heteroatoms. The molecule has 0 saturated carbocycles. The van der Waals surface area contributed by atoms with Crippen LogP contribution in [0.4, 0.5) is 0 Å². The molecule has 2 aromatic carbocycles. The van der Waals surface area contributed by atoms with Crippen LogP contribution >= 0.6 is 0 Å². The maximum absolute atomic E-state index is 12.2. The second-order valence-corrected chi connectivity index (χ2v) is 4.58. The molecular weight excluding hydrogens is 264 g/mol. The molecule has 0 unspecified atom stereocenters. The third kappa shape index (κ3) is 2.46. The molecule has 0 aliphatic rings. The number of hydrogen-bond donors (Lipinski definition) is 0. The van der Waals surface area contributed by atoms with Crippen molar-refractivity contribution < 1.29 is 13.9 Å². The molecule has 0 spiro atoms. The Balaban J connectivity index is 2.19. The van der Waals surface area contributed by atoms with Gasteiger partial charge in [0, 0.05) is 11.1 Å². The Morgan fingerprint density at radius 2 is 1.48 bits per heavy atom. The minimum Gasteiger partial charge on any atom is -0.465 e. The number of hydrogen-bond acceptors (Lipinski definition) is 3. The largest absolute Gasteiger partial charge is 0.465 e. The Kier molecular flexibility index (Phi) is 3.56. The number of methoxy groups -OCH3 is 1. The zero-order valence-corrected chi connectivity index (χ0v) is 11.6. The SMILES string of the molecule is COC(=O)c1c(-c2ccccc2)coc1-c1ccccc1. The number of carbonyl (C=O) groups excluding carboxylic acids is 1. The van der Waals surface area contributed by atoms with E-state index in [4.69, 9.17) is 9.15 Å². The molecule has 3 aromatic rings. The van der Waals surface area contributed by atoms with Gasteiger partial charge in [0.15, 0.2) is 0 Å². The lowest BCUT2D eigenvalue weighted by atomic mass is 10.0. The fraction of sp³-hybridized carbons (Fsp3) is 0.0556. The van der Waals surface area contributed by atoms with Crippen LogP contribution in [0.25, 0.3) is 22.5 Å². The molecule has 0 fully saturated rings. The van der Waals surface area contributed by atoms with Gasteiger partial charge in [-0.25, -0.2) is 4.79 Å². The van der Waals surface area contributed by atoms with Crippen LogP contribution in [-0.4, -0.2) is 13.1 Å². The predicted octanol–water partition coefficient (Wildman–Crippen LogP) is 4.40. The number of benzene rings is 2. The zero-order chi connectivity index (χ0) is 14.7. The van der Waals surface area contributed by atoms with Gasteiger partial charge in [-0.2, -0.15) is 0 Å². The van der Waals surface area contributed by atoms with Gasteiger partial charge in [0.25, 0.3) is 0 Å². The average Bonchev–Trinajstić information content (AvgIpc) is 3.00. The molecule has 0 aliphatic heterocycles. The summed E-state index contributed by atoms with van der Waals surface area (Å²) < 4.78 is 10.6. The van der Waals surface area contributed by atoms with Crippen LogP contribution < -0.4 is 0 Å². The van der Waals surface area contributed by atoms with Crippen molar-refractivity contribution in [3.05, 3.63) is 72.5 Å². The van der Waals surface area contributed by atoms with E-state index in [2.05, 4.69) is 0 Å². The van der Waals surface area contributed by atoms with Crippen LogP contribution in [-0.2, 0) is 4.74 Å². The van der Waals surface area contributed by atoms with Crippen LogP contribution in [0.2, 0.25) is 0 Å². The molecule has 0 N–H and O–H groups in total. The number of rotatable bonds is 3. The number of esters is 1. The highest BCUT2D eigenvalue weighted by Crippen LogP contribution is 2.34. The van der Waals surface area contributed by atoms with Crippen molar-refractivity contribution in [3.63, 3.8) is 0 Å². The first kappa shape index (κ1) is 13.2. The quantitative estimate of drug-likeness (QED) is 0.666. The van der Waals surface area contributed by atoms with E-state index in [9.17, 15) is 4.79 Å². The van der Waals surface area contributed by atoms with E-state index in [1.54, 1.807) is 6.26 Å². The molecule has 3 rings (SSSR count). The van der Waals surface area contributed by atoms with E-state index in [0.29, 0.717) is 11.3 Å². The summed E-state index contributed by atoms with van der Waals surface area (Å²) >= 11 is 0. The van der Waals surface area contributed by atoms with Crippen molar-refractivity contribution in [1.29, 1.82) is 0 Å². The maximum Gasteiger partial charge on any atom is 0.342 e. The molecule has 21 heavy (non-hydrogen) atoms. The summed E-state index contributed by atoms with van der Waals surface area (Å²) in [7, 11) is 1.37. The van der Waals surface area contributed by atoms with Crippen LogP contribution in [0.15, 0.2) is 71.3 Å². The summed E-state index contributed by atoms with van der Waals surface area (Å²) in [6.45, 7) is 0. The van der Waals surface area contributed by atoms with Crippen molar-refractivity contribution >= 4 is 5.97 Å². The lowest BCUT2D eigenvalue weighted by molar-refractivity contribution is 0.0602. The van der Waals surface area contributed by atoms with E-state index >= 15 is 0 Å². The number of furan rings is 1. The maximum atomic E-state index is 12.2. The first-order valence-corrected chi connectivity index (χ1v) is 6.62. The van der Waals surface area contributed by atoms with Gasteiger partial charge in [-0.15, -0.1) is 0 Å². The fourth-order valence-electron chi connectivity index (χ4n) is 2.29. The summed E-state index contributed by atoms with van der Waals surface area (Å²) in [5.41, 5.74) is 2.96. The molecule has 0 radical (unpaired) electrons. The zero-order valence-electron chi connectivity index (χ0n) is 11.6. The molecule has 0 aliphatic carbocycles. The summed E-state index contributed by atoms with van der Waals surface area (Å²) in [6.07, 6.45) is 1.60. The first-order valence-electron chi connectivity index (χ1n) is 6.62. The number of ether oxygens (including phenoxy) is 1. The van der Waals surface area contributed by atoms with Crippen molar-refractivity contribution in [2.24, 2.45) is 0 Å². The molecule has 0 atom stereocenters. The van der Waals surface area contributed by atoms with Crippen LogP contribution in [0, 0.1) is 0 Å². The molecule has 1 heterocycles. The number of carbonyl (C=O) groups is 1. The second kappa shape index (κ2) is 5.67. The van der Waals surface area contributed by atoms with E-state index in [1.165, 1.54) is 7.11 Å². The van der Waals surface area contributed by atoms with Gasteiger partial charge in [0.2, 0.25) is 0 Å². The van der Waals surface area contributed by atoms with Crippen molar-refractivity contribution in [2.45, 2.75) is 0 Å². The molecule has 0 amide bonds. The Bertz CT molecular complexity index is 686. The van der Waals surface area contributed by atoms with Crippen LogP contribution in [0.1, 0.15) is 10.4 Å². The minimum absolute atomic E-state index is 0.401. The van der Waals surface area contributed by atoms with Crippen LogP contribution in [0.5, 0.6) is 0 Å². The smallest absolute Gasteiger partial charge is 0.342 e. The minimum atomic E-state index is -0.401. The molecule has 0 bridgehead atoms. The second-order valence-electron chi connectivity index (χ2n) is 4.58. The Morgan fingerprint density at radius 1 is 0.905 bits per heavy atom. The predicted molar refractivity (Wildman–Crippen MR) is 80.9 cm³/mol. The highest BCUT2D eigenvalue weighted by atomic mass is 16.5. The topological polar surface area (TPSA) is 39.4 Å². The summed E-state index contributed by atoms with van der Waals surface area (Å²) in [6, 6.07) is 19.2. The first-order chi connectivity index (χ1) is 10.3. The van der Waals surface area contributed by atoms with Gasteiger partial charge in [-0.05, 0) is 5.56 Å². The van der Waals surface area contributed by atoms with Gasteiger partial charge >= 0.3 is 5.97 Å². The Labute approximate surface area is 122 Å². The van der Waals surface area contributed by atoms with Crippen molar-refractivity contribution in [2.75, 3.05) is 7.11 Å². The Morgan fingerprint density at radius 3 is 2.05 bits per heavy atom. The van der Waals surface area contributed by atoms with E-state index < -0.39 is 5.97 Å². The summed E-state index contributed by atoms with van der Waals surface area (Å²) in [5.74, 6) is 0.128. The lowest BCUT2D eigenvalue weighted by Gasteiger charge is -2.04. The van der Waals surface area contributed by atoms with Gasteiger partial charge < -0.3 is 9.15 Å². The van der Waals surface area contributed by atoms with Gasteiger partial charge in [-0.1, -0.05) is 60.7 Å². The molecule has 3 nitrogen and oxygen atoms in total.